The maximum Gasteiger partial charge on any atom is 0.273 e. The van der Waals surface area contributed by atoms with E-state index in [0.29, 0.717) is 17.2 Å². The van der Waals surface area contributed by atoms with Gasteiger partial charge in [0.25, 0.3) is 5.91 Å². The van der Waals surface area contributed by atoms with Crippen LogP contribution in [0.15, 0.2) is 34.9 Å². The fourth-order valence-electron chi connectivity index (χ4n) is 3.07. The van der Waals surface area contributed by atoms with Gasteiger partial charge in [-0.15, -0.1) is 0 Å². The molecule has 2 aromatic rings. The molecule has 0 saturated heterocycles. The van der Waals surface area contributed by atoms with E-state index in [1.807, 2.05) is 13.8 Å². The quantitative estimate of drug-likeness (QED) is 0.754. The molecule has 1 aromatic heterocycles. The summed E-state index contributed by atoms with van der Waals surface area (Å²) in [5.74, 6) is 0.798. The zero-order chi connectivity index (χ0) is 19.9. The Hall–Kier alpha value is -2.83. The SMILES string of the molecule is CC(C)C(=O)Nc1ccc(OCc2cc(C(=O)NC3CCCCC3)no2)cc1. The zero-order valence-electron chi connectivity index (χ0n) is 16.4. The number of hydrogen-bond acceptors (Lipinski definition) is 5. The highest BCUT2D eigenvalue weighted by Gasteiger charge is 2.19. The Bertz CT molecular complexity index is 792. The predicted octanol–water partition coefficient (Wildman–Crippen LogP) is 3.91. The number of nitrogens with one attached hydrogen (secondary N) is 2. The van der Waals surface area contributed by atoms with Crippen molar-refractivity contribution in [3.05, 3.63) is 41.8 Å². The van der Waals surface area contributed by atoms with Crippen molar-refractivity contribution < 1.29 is 18.8 Å². The van der Waals surface area contributed by atoms with Gasteiger partial charge in [-0.2, -0.15) is 0 Å². The first-order valence-electron chi connectivity index (χ1n) is 9.81. The topological polar surface area (TPSA) is 93.5 Å². The lowest BCUT2D eigenvalue weighted by atomic mass is 9.95. The van der Waals surface area contributed by atoms with Gasteiger partial charge in [0.2, 0.25) is 5.91 Å². The molecule has 7 heteroatoms. The van der Waals surface area contributed by atoms with E-state index in [1.54, 1.807) is 30.3 Å². The van der Waals surface area contributed by atoms with Crippen LogP contribution in [0.1, 0.15) is 62.2 Å². The summed E-state index contributed by atoms with van der Waals surface area (Å²) in [6.45, 7) is 3.85. The Morgan fingerprint density at radius 3 is 2.57 bits per heavy atom. The number of aromatic nitrogens is 1. The van der Waals surface area contributed by atoms with Crippen molar-refractivity contribution in [3.8, 4) is 5.75 Å². The molecule has 1 saturated carbocycles. The van der Waals surface area contributed by atoms with E-state index in [9.17, 15) is 9.59 Å². The molecule has 0 aliphatic heterocycles. The van der Waals surface area contributed by atoms with E-state index in [-0.39, 0.29) is 36.1 Å². The van der Waals surface area contributed by atoms with Crippen LogP contribution >= 0.6 is 0 Å². The molecule has 1 aliphatic rings. The van der Waals surface area contributed by atoms with Gasteiger partial charge in [0.05, 0.1) is 0 Å². The number of carbonyl (C=O) groups is 2. The number of nitrogens with zero attached hydrogens (tertiary/aromatic N) is 1. The summed E-state index contributed by atoms with van der Waals surface area (Å²) in [4.78, 5) is 24.0. The van der Waals surface area contributed by atoms with E-state index in [0.717, 1.165) is 25.7 Å². The first kappa shape index (κ1) is 19.9. The fourth-order valence-corrected chi connectivity index (χ4v) is 3.07. The summed E-state index contributed by atoms with van der Waals surface area (Å²) in [5, 5.41) is 9.68. The molecule has 0 bridgehead atoms. The molecule has 0 unspecified atom stereocenters. The molecule has 1 aliphatic carbocycles. The molecule has 0 atom stereocenters. The average molecular weight is 385 g/mol. The summed E-state index contributed by atoms with van der Waals surface area (Å²) in [5.41, 5.74) is 0.989. The first-order valence-corrected chi connectivity index (χ1v) is 9.81. The van der Waals surface area contributed by atoms with Crippen LogP contribution in [0.5, 0.6) is 5.75 Å². The maximum absolute atomic E-state index is 12.3. The van der Waals surface area contributed by atoms with E-state index in [2.05, 4.69) is 15.8 Å². The molecule has 2 N–H and O–H groups in total. The van der Waals surface area contributed by atoms with Crippen LogP contribution in [0.25, 0.3) is 0 Å². The van der Waals surface area contributed by atoms with Crippen LogP contribution in [-0.2, 0) is 11.4 Å². The number of anilines is 1. The van der Waals surface area contributed by atoms with Gasteiger partial charge >= 0.3 is 0 Å². The standard InChI is InChI=1S/C21H27N3O4/c1-14(2)20(25)22-16-8-10-17(11-9-16)27-13-18-12-19(24-28-18)21(26)23-15-6-4-3-5-7-15/h8-12,14-15H,3-7,13H2,1-2H3,(H,22,25)(H,23,26). The van der Waals surface area contributed by atoms with Crippen molar-refractivity contribution in [2.75, 3.05) is 5.32 Å². The molecule has 1 heterocycles. The normalized spacial score (nSPS) is 14.7. The van der Waals surface area contributed by atoms with Crippen LogP contribution < -0.4 is 15.4 Å². The monoisotopic (exact) mass is 385 g/mol. The van der Waals surface area contributed by atoms with E-state index < -0.39 is 0 Å². The van der Waals surface area contributed by atoms with Crippen molar-refractivity contribution in [2.45, 2.75) is 58.6 Å². The lowest BCUT2D eigenvalue weighted by Crippen LogP contribution is -2.36. The van der Waals surface area contributed by atoms with Crippen molar-refractivity contribution in [1.29, 1.82) is 0 Å². The number of benzene rings is 1. The predicted molar refractivity (Wildman–Crippen MR) is 105 cm³/mol. The second kappa shape index (κ2) is 9.39. The number of hydrogen-bond donors (Lipinski definition) is 2. The molecular weight excluding hydrogens is 358 g/mol. The molecule has 3 rings (SSSR count). The molecule has 0 radical (unpaired) electrons. The Morgan fingerprint density at radius 2 is 1.89 bits per heavy atom. The summed E-state index contributed by atoms with van der Waals surface area (Å²) >= 11 is 0. The van der Waals surface area contributed by atoms with E-state index in [4.69, 9.17) is 9.26 Å². The van der Waals surface area contributed by atoms with Gasteiger partial charge in [-0.1, -0.05) is 38.3 Å². The molecule has 0 spiro atoms. The molecule has 1 aromatic carbocycles. The van der Waals surface area contributed by atoms with E-state index in [1.165, 1.54) is 6.42 Å². The molecule has 28 heavy (non-hydrogen) atoms. The minimum absolute atomic E-state index is 0.0330. The van der Waals surface area contributed by atoms with E-state index >= 15 is 0 Å². The maximum atomic E-state index is 12.3. The van der Waals surface area contributed by atoms with Crippen LogP contribution in [0, 0.1) is 5.92 Å². The smallest absolute Gasteiger partial charge is 0.273 e. The van der Waals surface area contributed by atoms with Gasteiger partial charge in [0.1, 0.15) is 12.4 Å². The summed E-state index contributed by atoms with van der Waals surface area (Å²) in [7, 11) is 0. The van der Waals surface area contributed by atoms with Crippen LogP contribution in [0.4, 0.5) is 5.69 Å². The Balaban J connectivity index is 1.48. The highest BCUT2D eigenvalue weighted by Crippen LogP contribution is 2.19. The van der Waals surface area contributed by atoms with Crippen LogP contribution in [0.3, 0.4) is 0 Å². The zero-order valence-corrected chi connectivity index (χ0v) is 16.4. The van der Waals surface area contributed by atoms with Gasteiger partial charge in [0.15, 0.2) is 11.5 Å². The molecule has 1 fully saturated rings. The highest BCUT2D eigenvalue weighted by molar-refractivity contribution is 5.92. The summed E-state index contributed by atoms with van der Waals surface area (Å²) in [6, 6.07) is 8.92. The minimum atomic E-state index is -0.202. The Labute approximate surface area is 164 Å². The highest BCUT2D eigenvalue weighted by atomic mass is 16.5. The second-order valence-corrected chi connectivity index (χ2v) is 7.44. The number of rotatable bonds is 7. The van der Waals surface area contributed by atoms with Gasteiger partial charge in [-0.05, 0) is 37.1 Å². The molecule has 2 amide bonds. The lowest BCUT2D eigenvalue weighted by Gasteiger charge is -2.22. The Morgan fingerprint density at radius 1 is 1.18 bits per heavy atom. The second-order valence-electron chi connectivity index (χ2n) is 7.44. The third-order valence-corrected chi connectivity index (χ3v) is 4.76. The average Bonchev–Trinajstić information content (AvgIpc) is 3.17. The lowest BCUT2D eigenvalue weighted by molar-refractivity contribution is -0.118. The number of amides is 2. The third kappa shape index (κ3) is 5.58. The third-order valence-electron chi connectivity index (χ3n) is 4.76. The molecule has 150 valence electrons. The van der Waals surface area contributed by atoms with Crippen molar-refractivity contribution in [3.63, 3.8) is 0 Å². The molecular formula is C21H27N3O4. The van der Waals surface area contributed by atoms with Gasteiger partial charge in [-0.25, -0.2) is 0 Å². The Kier molecular flexibility index (Phi) is 6.68. The first-order chi connectivity index (χ1) is 13.5. The minimum Gasteiger partial charge on any atom is -0.486 e. The fraction of sp³-hybridized carbons (Fsp3) is 0.476. The van der Waals surface area contributed by atoms with Crippen molar-refractivity contribution >= 4 is 17.5 Å². The largest absolute Gasteiger partial charge is 0.486 e. The number of ether oxygens (including phenoxy) is 1. The summed E-state index contributed by atoms with van der Waals surface area (Å²) < 4.78 is 10.9. The van der Waals surface area contributed by atoms with Crippen molar-refractivity contribution in [2.24, 2.45) is 5.92 Å². The molecule has 7 nitrogen and oxygen atoms in total. The van der Waals surface area contributed by atoms with Gasteiger partial charge in [-0.3, -0.25) is 9.59 Å². The van der Waals surface area contributed by atoms with Gasteiger partial charge < -0.3 is 19.9 Å². The van der Waals surface area contributed by atoms with Gasteiger partial charge in [0, 0.05) is 23.7 Å². The van der Waals surface area contributed by atoms with Crippen LogP contribution in [0.2, 0.25) is 0 Å². The van der Waals surface area contributed by atoms with Crippen molar-refractivity contribution in [1.82, 2.24) is 10.5 Å². The van der Waals surface area contributed by atoms with Crippen LogP contribution in [-0.4, -0.2) is 23.0 Å². The summed E-state index contributed by atoms with van der Waals surface area (Å²) in [6.07, 6.45) is 5.59. The number of carbonyl (C=O) groups excluding carboxylic acids is 2.